The van der Waals surface area contributed by atoms with Gasteiger partial charge in [-0.05, 0) is 57.8 Å². The lowest BCUT2D eigenvalue weighted by molar-refractivity contribution is 0.0968. The number of carbonyl (C=O) groups is 1. The van der Waals surface area contributed by atoms with Gasteiger partial charge in [0.1, 0.15) is 16.5 Å². The third-order valence-corrected chi connectivity index (χ3v) is 5.39. The topological polar surface area (TPSA) is 55.2 Å². The summed E-state index contributed by atoms with van der Waals surface area (Å²) in [5.74, 6) is -0.110. The number of Topliss-reactive ketones (excluding diaryl/α,β-unsaturated/α-hetero) is 1. The second-order valence-electron chi connectivity index (χ2n) is 6.55. The standard InChI is InChI=1S/C19H20FN3O2S/c1-11-12(2)26-18-17(11)19(25)23(16(21-18)10-22(3)4)9-15(24)13-5-7-14(20)8-6-13/h5-8H,9-10H2,1-4H3. The quantitative estimate of drug-likeness (QED) is 0.645. The van der Waals surface area contributed by atoms with Crippen molar-refractivity contribution in [1.82, 2.24) is 14.5 Å². The molecule has 0 saturated heterocycles. The first-order valence-electron chi connectivity index (χ1n) is 8.21. The average molecular weight is 373 g/mol. The molecule has 0 amide bonds. The molecule has 0 aliphatic carbocycles. The zero-order valence-corrected chi connectivity index (χ0v) is 16.0. The summed E-state index contributed by atoms with van der Waals surface area (Å²) in [5, 5.41) is 0.571. The molecular formula is C19H20FN3O2S. The van der Waals surface area contributed by atoms with E-state index >= 15 is 0 Å². The van der Waals surface area contributed by atoms with Crippen molar-refractivity contribution in [3.05, 3.63) is 62.3 Å². The fourth-order valence-electron chi connectivity index (χ4n) is 2.81. The van der Waals surface area contributed by atoms with Gasteiger partial charge in [-0.2, -0.15) is 0 Å². The van der Waals surface area contributed by atoms with E-state index in [0.717, 1.165) is 10.4 Å². The molecule has 0 atom stereocenters. The van der Waals surface area contributed by atoms with Crippen molar-refractivity contribution >= 4 is 27.3 Å². The molecule has 0 aliphatic heterocycles. The van der Waals surface area contributed by atoms with Crippen molar-refractivity contribution in [1.29, 1.82) is 0 Å². The summed E-state index contributed by atoms with van der Waals surface area (Å²) < 4.78 is 14.5. The highest BCUT2D eigenvalue weighted by Crippen LogP contribution is 2.26. The van der Waals surface area contributed by atoms with Crippen LogP contribution in [0.5, 0.6) is 0 Å². The van der Waals surface area contributed by atoms with Crippen molar-refractivity contribution in [2.24, 2.45) is 0 Å². The molecule has 136 valence electrons. The van der Waals surface area contributed by atoms with E-state index in [1.807, 2.05) is 32.8 Å². The first kappa shape index (κ1) is 18.4. The van der Waals surface area contributed by atoms with Gasteiger partial charge in [-0.1, -0.05) is 0 Å². The van der Waals surface area contributed by atoms with Crippen molar-refractivity contribution < 1.29 is 9.18 Å². The minimum atomic E-state index is -0.403. The smallest absolute Gasteiger partial charge is 0.263 e. The van der Waals surface area contributed by atoms with Gasteiger partial charge in [-0.25, -0.2) is 9.37 Å². The largest absolute Gasteiger partial charge is 0.302 e. The summed E-state index contributed by atoms with van der Waals surface area (Å²) in [4.78, 5) is 34.0. The Morgan fingerprint density at radius 1 is 1.23 bits per heavy atom. The average Bonchev–Trinajstić information content (AvgIpc) is 2.85. The number of hydrogen-bond acceptors (Lipinski definition) is 5. The van der Waals surface area contributed by atoms with E-state index in [9.17, 15) is 14.0 Å². The van der Waals surface area contributed by atoms with Crippen LogP contribution in [0.4, 0.5) is 4.39 Å². The molecule has 0 N–H and O–H groups in total. The molecule has 0 unspecified atom stereocenters. The molecule has 3 aromatic rings. The first-order valence-corrected chi connectivity index (χ1v) is 9.02. The van der Waals surface area contributed by atoms with Crippen LogP contribution in [0.3, 0.4) is 0 Å². The Morgan fingerprint density at radius 3 is 2.50 bits per heavy atom. The number of fused-ring (bicyclic) bond motifs is 1. The molecule has 0 saturated carbocycles. The van der Waals surface area contributed by atoms with Crippen LogP contribution in [0.25, 0.3) is 10.2 Å². The Balaban J connectivity index is 2.11. The van der Waals surface area contributed by atoms with Crippen LogP contribution in [0.2, 0.25) is 0 Å². The highest BCUT2D eigenvalue weighted by molar-refractivity contribution is 7.18. The van der Waals surface area contributed by atoms with Crippen LogP contribution in [-0.4, -0.2) is 34.3 Å². The molecule has 26 heavy (non-hydrogen) atoms. The summed E-state index contributed by atoms with van der Waals surface area (Å²) in [5.41, 5.74) is 1.07. The van der Waals surface area contributed by atoms with Gasteiger partial charge in [0.05, 0.1) is 18.5 Å². The van der Waals surface area contributed by atoms with Crippen LogP contribution in [0, 0.1) is 19.7 Å². The summed E-state index contributed by atoms with van der Waals surface area (Å²) in [6.07, 6.45) is 0. The number of rotatable bonds is 5. The fraction of sp³-hybridized carbons (Fsp3) is 0.316. The summed E-state index contributed by atoms with van der Waals surface area (Å²) in [7, 11) is 3.76. The third kappa shape index (κ3) is 3.45. The van der Waals surface area contributed by atoms with Crippen molar-refractivity contribution in [3.8, 4) is 0 Å². The molecule has 7 heteroatoms. The van der Waals surface area contributed by atoms with Crippen LogP contribution in [-0.2, 0) is 13.1 Å². The Kier molecular flexibility index (Phi) is 5.02. The van der Waals surface area contributed by atoms with E-state index in [1.165, 1.54) is 40.2 Å². The molecule has 0 bridgehead atoms. The van der Waals surface area contributed by atoms with Crippen molar-refractivity contribution in [2.75, 3.05) is 14.1 Å². The normalized spacial score (nSPS) is 11.5. The van der Waals surface area contributed by atoms with Gasteiger partial charge in [-0.15, -0.1) is 11.3 Å². The number of aryl methyl sites for hydroxylation is 2. The fourth-order valence-corrected chi connectivity index (χ4v) is 3.85. The van der Waals surface area contributed by atoms with Crippen molar-refractivity contribution in [2.45, 2.75) is 26.9 Å². The highest BCUT2D eigenvalue weighted by Gasteiger charge is 2.19. The summed E-state index contributed by atoms with van der Waals surface area (Å²) in [6, 6.07) is 5.34. The molecule has 0 aliphatic rings. The number of nitrogens with zero attached hydrogens (tertiary/aromatic N) is 3. The lowest BCUT2D eigenvalue weighted by Crippen LogP contribution is -2.31. The van der Waals surface area contributed by atoms with Gasteiger partial charge < -0.3 is 4.90 Å². The lowest BCUT2D eigenvalue weighted by Gasteiger charge is -2.15. The summed E-state index contributed by atoms with van der Waals surface area (Å²) in [6.45, 7) is 4.18. The van der Waals surface area contributed by atoms with Gasteiger partial charge >= 0.3 is 0 Å². The molecule has 0 radical (unpaired) electrons. The Morgan fingerprint density at radius 2 is 1.88 bits per heavy atom. The second kappa shape index (κ2) is 7.09. The Labute approximate surface area is 154 Å². The van der Waals surface area contributed by atoms with Crippen LogP contribution < -0.4 is 5.56 Å². The Hall–Kier alpha value is -2.38. The van der Waals surface area contributed by atoms with E-state index in [0.29, 0.717) is 28.1 Å². The van der Waals surface area contributed by atoms with E-state index in [2.05, 4.69) is 4.98 Å². The van der Waals surface area contributed by atoms with Crippen LogP contribution in [0.1, 0.15) is 26.6 Å². The predicted molar refractivity (Wildman–Crippen MR) is 101 cm³/mol. The van der Waals surface area contributed by atoms with Gasteiger partial charge in [0.25, 0.3) is 5.56 Å². The molecule has 2 aromatic heterocycles. The summed E-state index contributed by atoms with van der Waals surface area (Å²) >= 11 is 1.49. The maximum Gasteiger partial charge on any atom is 0.263 e. The molecule has 3 rings (SSSR count). The molecule has 5 nitrogen and oxygen atoms in total. The molecule has 2 heterocycles. The number of hydrogen-bond donors (Lipinski definition) is 0. The minimum absolute atomic E-state index is 0.120. The van der Waals surface area contributed by atoms with E-state index in [-0.39, 0.29) is 17.9 Å². The number of thiophene rings is 1. The molecule has 0 spiro atoms. The number of ketones is 1. The minimum Gasteiger partial charge on any atom is -0.302 e. The van der Waals surface area contributed by atoms with Gasteiger partial charge in [-0.3, -0.25) is 14.2 Å². The number of aromatic nitrogens is 2. The third-order valence-electron chi connectivity index (χ3n) is 4.29. The van der Waals surface area contributed by atoms with Gasteiger partial charge in [0.2, 0.25) is 0 Å². The number of benzene rings is 1. The van der Waals surface area contributed by atoms with E-state index in [1.54, 1.807) is 0 Å². The SMILES string of the molecule is Cc1sc2nc(CN(C)C)n(CC(=O)c3ccc(F)cc3)c(=O)c2c1C. The molecule has 1 aromatic carbocycles. The maximum absolute atomic E-state index is 13.1. The van der Waals surface area contributed by atoms with Crippen LogP contribution in [0.15, 0.2) is 29.1 Å². The second-order valence-corrected chi connectivity index (χ2v) is 7.75. The zero-order valence-electron chi connectivity index (χ0n) is 15.2. The maximum atomic E-state index is 13.1. The van der Waals surface area contributed by atoms with E-state index < -0.39 is 5.82 Å². The highest BCUT2D eigenvalue weighted by atomic mass is 32.1. The number of halogens is 1. The molecule has 0 fully saturated rings. The van der Waals surface area contributed by atoms with Gasteiger partial charge in [0.15, 0.2) is 5.78 Å². The van der Waals surface area contributed by atoms with Crippen LogP contribution >= 0.6 is 11.3 Å². The lowest BCUT2D eigenvalue weighted by atomic mass is 10.1. The van der Waals surface area contributed by atoms with Gasteiger partial charge in [0, 0.05) is 10.4 Å². The monoisotopic (exact) mass is 373 g/mol. The Bertz CT molecular complexity index is 1040. The van der Waals surface area contributed by atoms with Crippen molar-refractivity contribution in [3.63, 3.8) is 0 Å². The first-order chi connectivity index (χ1) is 12.3. The predicted octanol–water partition coefficient (Wildman–Crippen LogP) is 3.16. The zero-order chi connectivity index (χ0) is 19.0. The van der Waals surface area contributed by atoms with E-state index in [4.69, 9.17) is 0 Å². The molecular weight excluding hydrogens is 353 g/mol. The number of carbonyl (C=O) groups excluding carboxylic acids is 1.